The molecule has 0 bridgehead atoms. The first kappa shape index (κ1) is 14.1. The molecule has 0 spiro atoms. The highest BCUT2D eigenvalue weighted by atomic mass is 35.5. The smallest absolute Gasteiger partial charge is 0.261 e. The number of carbonyl (C=O) groups excluding carboxylic acids is 1. The Hall–Kier alpha value is -1.30. The number of carbonyl (C=O) groups is 1. The standard InChI is InChI=1S/C12H10Cl2N2O2S/c1-18-10-4-7(14)2-3-9(10)11(17)16-12-15-8(5-13)6-19-12/h2-4,6H,5H2,1H3,(H,15,16,17). The van der Waals surface area contributed by atoms with Gasteiger partial charge in [0.1, 0.15) is 5.75 Å². The molecule has 1 heterocycles. The number of rotatable bonds is 4. The normalized spacial score (nSPS) is 10.3. The number of nitrogens with one attached hydrogen (secondary N) is 1. The molecule has 0 radical (unpaired) electrons. The molecular weight excluding hydrogens is 307 g/mol. The Morgan fingerprint density at radius 2 is 2.32 bits per heavy atom. The number of halogens is 2. The fourth-order valence-corrected chi connectivity index (χ4v) is 2.54. The van der Waals surface area contributed by atoms with E-state index in [1.54, 1.807) is 23.6 Å². The van der Waals surface area contributed by atoms with Crippen molar-refractivity contribution >= 4 is 45.6 Å². The van der Waals surface area contributed by atoms with Gasteiger partial charge < -0.3 is 4.74 Å². The van der Waals surface area contributed by atoms with Crippen LogP contribution in [0.4, 0.5) is 5.13 Å². The van der Waals surface area contributed by atoms with E-state index < -0.39 is 0 Å². The molecule has 1 aromatic heterocycles. The number of alkyl halides is 1. The fourth-order valence-electron chi connectivity index (χ4n) is 1.44. The second-order valence-electron chi connectivity index (χ2n) is 3.58. The predicted octanol–water partition coefficient (Wildman–Crippen LogP) is 3.80. The number of aromatic nitrogens is 1. The molecule has 0 fully saturated rings. The van der Waals surface area contributed by atoms with Gasteiger partial charge in [0.15, 0.2) is 5.13 Å². The van der Waals surface area contributed by atoms with Crippen LogP contribution in [0.15, 0.2) is 23.6 Å². The zero-order valence-corrected chi connectivity index (χ0v) is 12.3. The van der Waals surface area contributed by atoms with E-state index in [4.69, 9.17) is 27.9 Å². The van der Waals surface area contributed by atoms with E-state index in [9.17, 15) is 4.79 Å². The molecular formula is C12H10Cl2N2O2S. The summed E-state index contributed by atoms with van der Waals surface area (Å²) in [6, 6.07) is 4.82. The SMILES string of the molecule is COc1cc(Cl)ccc1C(=O)Nc1nc(CCl)cs1. The molecule has 0 atom stereocenters. The van der Waals surface area contributed by atoms with Gasteiger partial charge in [-0.3, -0.25) is 10.1 Å². The van der Waals surface area contributed by atoms with Gasteiger partial charge in [-0.1, -0.05) is 11.6 Å². The number of hydrogen-bond acceptors (Lipinski definition) is 4. The van der Waals surface area contributed by atoms with Crippen molar-refractivity contribution in [3.63, 3.8) is 0 Å². The second kappa shape index (κ2) is 6.23. The summed E-state index contributed by atoms with van der Waals surface area (Å²) in [6.45, 7) is 0. The number of methoxy groups -OCH3 is 1. The summed E-state index contributed by atoms with van der Waals surface area (Å²) in [6.07, 6.45) is 0. The van der Waals surface area contributed by atoms with Crippen LogP contribution in [0, 0.1) is 0 Å². The van der Waals surface area contributed by atoms with Crippen LogP contribution in [-0.2, 0) is 5.88 Å². The largest absolute Gasteiger partial charge is 0.496 e. The first-order valence-electron chi connectivity index (χ1n) is 5.29. The first-order chi connectivity index (χ1) is 9.13. The number of hydrogen-bond donors (Lipinski definition) is 1. The van der Waals surface area contributed by atoms with E-state index in [2.05, 4.69) is 10.3 Å². The first-order valence-corrected chi connectivity index (χ1v) is 7.08. The number of anilines is 1. The highest BCUT2D eigenvalue weighted by Crippen LogP contribution is 2.25. The van der Waals surface area contributed by atoms with Crippen LogP contribution in [-0.4, -0.2) is 18.0 Å². The number of ether oxygens (including phenoxy) is 1. The van der Waals surface area contributed by atoms with Gasteiger partial charge in [-0.25, -0.2) is 4.98 Å². The molecule has 7 heteroatoms. The van der Waals surface area contributed by atoms with Crippen molar-refractivity contribution in [1.29, 1.82) is 0 Å². The topological polar surface area (TPSA) is 51.2 Å². The minimum absolute atomic E-state index is 0.302. The Labute approximate surface area is 124 Å². The Bertz CT molecular complexity index is 601. The molecule has 100 valence electrons. The Kier molecular flexibility index (Phi) is 4.63. The van der Waals surface area contributed by atoms with Crippen LogP contribution >= 0.6 is 34.5 Å². The average Bonchev–Trinajstić information content (AvgIpc) is 2.86. The van der Waals surface area contributed by atoms with Crippen molar-refractivity contribution in [2.45, 2.75) is 5.88 Å². The van der Waals surface area contributed by atoms with Crippen LogP contribution in [0.5, 0.6) is 5.75 Å². The maximum absolute atomic E-state index is 12.1. The van der Waals surface area contributed by atoms with Crippen LogP contribution in [0.2, 0.25) is 5.02 Å². The van der Waals surface area contributed by atoms with Crippen LogP contribution in [0.3, 0.4) is 0 Å². The quantitative estimate of drug-likeness (QED) is 0.873. The molecule has 0 saturated heterocycles. The lowest BCUT2D eigenvalue weighted by Crippen LogP contribution is -2.13. The van der Waals surface area contributed by atoms with E-state index >= 15 is 0 Å². The van der Waals surface area contributed by atoms with Gasteiger partial charge in [-0.05, 0) is 18.2 Å². The Balaban J connectivity index is 2.20. The fraction of sp³-hybridized carbons (Fsp3) is 0.167. The van der Waals surface area contributed by atoms with Crippen molar-refractivity contribution < 1.29 is 9.53 Å². The van der Waals surface area contributed by atoms with Crippen LogP contribution in [0.1, 0.15) is 16.1 Å². The third-order valence-electron chi connectivity index (χ3n) is 2.32. The van der Waals surface area contributed by atoms with Crippen molar-refractivity contribution in [1.82, 2.24) is 4.98 Å². The lowest BCUT2D eigenvalue weighted by molar-refractivity contribution is 0.102. The van der Waals surface area contributed by atoms with Gasteiger partial charge in [-0.15, -0.1) is 22.9 Å². The number of thiazole rings is 1. The van der Waals surface area contributed by atoms with Gasteiger partial charge in [0.25, 0.3) is 5.91 Å². The molecule has 1 N–H and O–H groups in total. The van der Waals surface area contributed by atoms with Crippen molar-refractivity contribution in [3.05, 3.63) is 39.9 Å². The van der Waals surface area contributed by atoms with E-state index in [1.807, 2.05) is 0 Å². The molecule has 0 aliphatic heterocycles. The second-order valence-corrected chi connectivity index (χ2v) is 5.14. The summed E-state index contributed by atoms with van der Waals surface area (Å²) in [7, 11) is 1.48. The van der Waals surface area contributed by atoms with Crippen molar-refractivity contribution in [2.75, 3.05) is 12.4 Å². The average molecular weight is 317 g/mol. The maximum atomic E-state index is 12.1. The molecule has 19 heavy (non-hydrogen) atoms. The van der Waals surface area contributed by atoms with E-state index in [0.29, 0.717) is 27.3 Å². The minimum atomic E-state index is -0.302. The van der Waals surface area contributed by atoms with Gasteiger partial charge in [0.2, 0.25) is 0 Å². The Morgan fingerprint density at radius 3 is 2.95 bits per heavy atom. The molecule has 0 saturated carbocycles. The third kappa shape index (κ3) is 3.37. The molecule has 0 aliphatic rings. The maximum Gasteiger partial charge on any atom is 0.261 e. The Morgan fingerprint density at radius 1 is 1.53 bits per heavy atom. The summed E-state index contributed by atoms with van der Waals surface area (Å²) < 4.78 is 5.13. The summed E-state index contributed by atoms with van der Waals surface area (Å²) in [4.78, 5) is 16.3. The van der Waals surface area contributed by atoms with Gasteiger partial charge in [0, 0.05) is 10.4 Å². The predicted molar refractivity (Wildman–Crippen MR) is 77.6 cm³/mol. The summed E-state index contributed by atoms with van der Waals surface area (Å²) in [5.74, 6) is 0.430. The zero-order valence-electron chi connectivity index (χ0n) is 9.94. The minimum Gasteiger partial charge on any atom is -0.496 e. The van der Waals surface area contributed by atoms with E-state index in [1.165, 1.54) is 18.4 Å². The molecule has 4 nitrogen and oxygen atoms in total. The number of nitrogens with zero attached hydrogens (tertiary/aromatic N) is 1. The summed E-state index contributed by atoms with van der Waals surface area (Å²) in [5, 5.41) is 5.49. The lowest BCUT2D eigenvalue weighted by atomic mass is 10.2. The van der Waals surface area contributed by atoms with Crippen LogP contribution in [0.25, 0.3) is 0 Å². The highest BCUT2D eigenvalue weighted by Gasteiger charge is 2.14. The van der Waals surface area contributed by atoms with E-state index in [0.717, 1.165) is 5.69 Å². The van der Waals surface area contributed by atoms with Crippen molar-refractivity contribution in [3.8, 4) is 5.75 Å². The summed E-state index contributed by atoms with van der Waals surface area (Å²) in [5.41, 5.74) is 1.12. The zero-order chi connectivity index (χ0) is 13.8. The highest BCUT2D eigenvalue weighted by molar-refractivity contribution is 7.14. The number of amides is 1. The molecule has 2 aromatic rings. The monoisotopic (exact) mass is 316 g/mol. The van der Waals surface area contributed by atoms with Crippen LogP contribution < -0.4 is 10.1 Å². The lowest BCUT2D eigenvalue weighted by Gasteiger charge is -2.08. The van der Waals surface area contributed by atoms with Gasteiger partial charge in [-0.2, -0.15) is 0 Å². The molecule has 1 amide bonds. The molecule has 1 aromatic carbocycles. The molecule has 2 rings (SSSR count). The van der Waals surface area contributed by atoms with Crippen molar-refractivity contribution in [2.24, 2.45) is 0 Å². The van der Waals surface area contributed by atoms with Gasteiger partial charge in [0.05, 0.1) is 24.2 Å². The third-order valence-corrected chi connectivity index (χ3v) is 3.63. The summed E-state index contributed by atoms with van der Waals surface area (Å²) >= 11 is 12.8. The molecule has 0 unspecified atom stereocenters. The van der Waals surface area contributed by atoms with E-state index in [-0.39, 0.29) is 5.91 Å². The number of benzene rings is 1. The van der Waals surface area contributed by atoms with Gasteiger partial charge >= 0.3 is 0 Å². The molecule has 0 aliphatic carbocycles.